The van der Waals surface area contributed by atoms with Crippen LogP contribution in [0.1, 0.15) is 68.3 Å². The van der Waals surface area contributed by atoms with Gasteiger partial charge in [0.1, 0.15) is 23.4 Å². The third kappa shape index (κ3) is 8.37. The molecule has 0 heterocycles. The fraction of sp³-hybridized carbons (Fsp3) is 0.400. The van der Waals surface area contributed by atoms with Crippen LogP contribution in [0.2, 0.25) is 0 Å². The summed E-state index contributed by atoms with van der Waals surface area (Å²) in [6.45, 7) is 9.34. The van der Waals surface area contributed by atoms with Gasteiger partial charge in [0.2, 0.25) is 5.91 Å². The minimum Gasteiger partial charge on any atom is -0.497 e. The molecule has 1 aliphatic carbocycles. The second kappa shape index (κ2) is 13.8. The zero-order valence-electron chi connectivity index (χ0n) is 26.0. The molecule has 8 nitrogen and oxygen atoms in total. The molecule has 3 amide bonds. The van der Waals surface area contributed by atoms with Crippen molar-refractivity contribution in [2.75, 3.05) is 12.4 Å². The normalized spacial score (nSPS) is 14.6. The summed E-state index contributed by atoms with van der Waals surface area (Å²) < 4.78 is 10.8. The number of ether oxygens (including phenoxy) is 2. The average molecular weight is 586 g/mol. The van der Waals surface area contributed by atoms with Crippen molar-refractivity contribution >= 4 is 23.6 Å². The van der Waals surface area contributed by atoms with Gasteiger partial charge >= 0.3 is 6.09 Å². The number of nitrogens with zero attached hydrogens (tertiary/aromatic N) is 1. The van der Waals surface area contributed by atoms with Crippen LogP contribution in [0.4, 0.5) is 10.5 Å². The van der Waals surface area contributed by atoms with Gasteiger partial charge in [0.25, 0.3) is 5.91 Å². The van der Waals surface area contributed by atoms with Crippen molar-refractivity contribution in [2.45, 2.75) is 84.0 Å². The Bertz CT molecular complexity index is 1410. The molecule has 0 aliphatic heterocycles. The molecule has 1 aliphatic rings. The molecule has 0 saturated heterocycles. The van der Waals surface area contributed by atoms with Gasteiger partial charge in [-0.25, -0.2) is 4.79 Å². The van der Waals surface area contributed by atoms with E-state index in [0.29, 0.717) is 17.0 Å². The number of hydrogen-bond donors (Lipinski definition) is 2. The fourth-order valence-corrected chi connectivity index (χ4v) is 5.12. The lowest BCUT2D eigenvalue weighted by molar-refractivity contribution is -0.145. The van der Waals surface area contributed by atoms with Crippen LogP contribution in [0.5, 0.6) is 5.75 Å². The quantitative estimate of drug-likeness (QED) is 0.283. The summed E-state index contributed by atoms with van der Waals surface area (Å²) in [7, 11) is 1.59. The first-order valence-electron chi connectivity index (χ1n) is 14.8. The van der Waals surface area contributed by atoms with Gasteiger partial charge in [-0.2, -0.15) is 0 Å². The van der Waals surface area contributed by atoms with Gasteiger partial charge in [0, 0.05) is 18.2 Å². The van der Waals surface area contributed by atoms with Crippen molar-refractivity contribution < 1.29 is 23.9 Å². The Balaban J connectivity index is 1.75. The van der Waals surface area contributed by atoms with Gasteiger partial charge in [0.05, 0.1) is 7.11 Å². The van der Waals surface area contributed by atoms with Crippen LogP contribution in [0, 0.1) is 13.8 Å². The summed E-state index contributed by atoms with van der Waals surface area (Å²) in [6, 6.07) is 20.5. The number of nitrogens with one attached hydrogen (secondary N) is 2. The van der Waals surface area contributed by atoms with E-state index in [4.69, 9.17) is 9.47 Å². The van der Waals surface area contributed by atoms with Crippen molar-refractivity contribution in [2.24, 2.45) is 0 Å². The highest BCUT2D eigenvalue weighted by Gasteiger charge is 2.42. The summed E-state index contributed by atoms with van der Waals surface area (Å²) in [5.41, 5.74) is 3.56. The number of carbonyl (C=O) groups excluding carboxylic acids is 3. The largest absolute Gasteiger partial charge is 0.497 e. The van der Waals surface area contributed by atoms with Crippen LogP contribution in [-0.4, -0.2) is 47.6 Å². The number of methoxy groups -OCH3 is 1. The van der Waals surface area contributed by atoms with E-state index in [2.05, 4.69) is 10.6 Å². The van der Waals surface area contributed by atoms with Gasteiger partial charge in [0.15, 0.2) is 0 Å². The van der Waals surface area contributed by atoms with E-state index in [9.17, 15) is 14.4 Å². The smallest absolute Gasteiger partial charge is 0.408 e. The molecule has 2 atom stereocenters. The molecule has 0 bridgehead atoms. The summed E-state index contributed by atoms with van der Waals surface area (Å²) in [5.74, 6) is 0.0175. The lowest BCUT2D eigenvalue weighted by atomic mass is 9.87. The first-order chi connectivity index (χ1) is 20.4. The predicted molar refractivity (Wildman–Crippen MR) is 168 cm³/mol. The van der Waals surface area contributed by atoms with Crippen molar-refractivity contribution in [3.8, 4) is 5.75 Å². The third-order valence-corrected chi connectivity index (χ3v) is 7.73. The van der Waals surface area contributed by atoms with Crippen LogP contribution in [0.3, 0.4) is 0 Å². The zero-order valence-corrected chi connectivity index (χ0v) is 26.0. The van der Waals surface area contributed by atoms with Crippen LogP contribution in [-0.2, 0) is 20.7 Å². The van der Waals surface area contributed by atoms with Gasteiger partial charge < -0.3 is 25.0 Å². The van der Waals surface area contributed by atoms with Crippen molar-refractivity contribution in [3.63, 3.8) is 0 Å². The molecule has 4 rings (SSSR count). The molecule has 0 radical (unpaired) electrons. The fourth-order valence-electron chi connectivity index (χ4n) is 5.12. The van der Waals surface area contributed by atoms with Crippen molar-refractivity contribution in [1.29, 1.82) is 0 Å². The average Bonchev–Trinajstić information content (AvgIpc) is 2.93. The molecule has 0 aromatic heterocycles. The van der Waals surface area contributed by atoms with E-state index in [0.717, 1.165) is 36.0 Å². The second-order valence-electron chi connectivity index (χ2n) is 12.2. The minimum atomic E-state index is -0.944. The number of carbonyl (C=O) groups is 3. The van der Waals surface area contributed by atoms with Gasteiger partial charge in [-0.15, -0.1) is 0 Å². The maximum Gasteiger partial charge on any atom is 0.408 e. The molecule has 228 valence electrons. The Morgan fingerprint density at radius 3 is 2.16 bits per heavy atom. The molecule has 2 unspecified atom stereocenters. The van der Waals surface area contributed by atoms with E-state index < -0.39 is 23.8 Å². The highest BCUT2D eigenvalue weighted by Crippen LogP contribution is 2.35. The SMILES string of the molecule is COc1ccc(NC(=O)C(c2ccc(C)c(C)c2)N(C(=O)C(Cc2ccccc2)NC(=O)OC(C)(C)C)C2CCC2)cc1. The molecular formula is C35H43N3O5. The highest BCUT2D eigenvalue weighted by molar-refractivity contribution is 5.99. The van der Waals surface area contributed by atoms with Crippen LogP contribution in [0.15, 0.2) is 72.8 Å². The Labute approximate surface area is 254 Å². The summed E-state index contributed by atoms with van der Waals surface area (Å²) in [6.07, 6.45) is 2.07. The van der Waals surface area contributed by atoms with Gasteiger partial charge in [-0.05, 0) is 100 Å². The van der Waals surface area contributed by atoms with E-state index in [1.165, 1.54) is 0 Å². The topological polar surface area (TPSA) is 97.0 Å². The number of hydrogen-bond acceptors (Lipinski definition) is 5. The number of anilines is 1. The van der Waals surface area contributed by atoms with Crippen molar-refractivity contribution in [1.82, 2.24) is 10.2 Å². The maximum atomic E-state index is 14.6. The van der Waals surface area contributed by atoms with E-state index in [1.807, 2.05) is 62.4 Å². The summed E-state index contributed by atoms with van der Waals surface area (Å²) in [4.78, 5) is 43.5. The lowest BCUT2D eigenvalue weighted by Gasteiger charge is -2.43. The van der Waals surface area contributed by atoms with E-state index in [-0.39, 0.29) is 24.3 Å². The number of alkyl carbamates (subject to hydrolysis) is 1. The number of amides is 3. The highest BCUT2D eigenvalue weighted by atomic mass is 16.6. The zero-order chi connectivity index (χ0) is 31.1. The van der Waals surface area contributed by atoms with Gasteiger partial charge in [-0.1, -0.05) is 48.5 Å². The molecule has 1 saturated carbocycles. The number of rotatable bonds is 10. The van der Waals surface area contributed by atoms with E-state index >= 15 is 0 Å². The predicted octanol–water partition coefficient (Wildman–Crippen LogP) is 6.51. The number of aryl methyl sites for hydroxylation is 2. The summed E-state index contributed by atoms with van der Waals surface area (Å²) in [5, 5.41) is 5.86. The lowest BCUT2D eigenvalue weighted by Crippen LogP contribution is -2.57. The molecule has 1 fully saturated rings. The Morgan fingerprint density at radius 1 is 0.930 bits per heavy atom. The molecule has 8 heteroatoms. The van der Waals surface area contributed by atoms with Crippen LogP contribution >= 0.6 is 0 Å². The maximum absolute atomic E-state index is 14.6. The third-order valence-electron chi connectivity index (χ3n) is 7.73. The first kappa shape index (κ1) is 31.6. The molecule has 3 aromatic carbocycles. The molecule has 3 aromatic rings. The Hall–Kier alpha value is -4.33. The molecule has 0 spiro atoms. The standard InChI is InChI=1S/C35H43N3O5/c1-23-15-16-26(21-24(23)2)31(32(39)36-27-17-19-29(42-6)20-18-27)38(28-13-10-14-28)33(40)30(22-25-11-8-7-9-12-25)37-34(41)43-35(3,4)5/h7-9,11-12,15-21,28,30-31H,10,13-14,22H2,1-6H3,(H,36,39)(H,37,41). The number of benzene rings is 3. The first-order valence-corrected chi connectivity index (χ1v) is 14.8. The monoisotopic (exact) mass is 585 g/mol. The molecular weight excluding hydrogens is 542 g/mol. The minimum absolute atomic E-state index is 0.153. The molecule has 43 heavy (non-hydrogen) atoms. The van der Waals surface area contributed by atoms with Crippen LogP contribution < -0.4 is 15.4 Å². The van der Waals surface area contributed by atoms with Crippen LogP contribution in [0.25, 0.3) is 0 Å². The Morgan fingerprint density at radius 2 is 1.60 bits per heavy atom. The second-order valence-corrected chi connectivity index (χ2v) is 12.2. The Kier molecular flexibility index (Phi) is 10.1. The van der Waals surface area contributed by atoms with Gasteiger partial charge in [-0.3, -0.25) is 9.59 Å². The summed E-state index contributed by atoms with van der Waals surface area (Å²) >= 11 is 0. The molecule has 2 N–H and O–H groups in total. The van der Waals surface area contributed by atoms with E-state index in [1.54, 1.807) is 57.0 Å². The van der Waals surface area contributed by atoms with Crippen molar-refractivity contribution in [3.05, 3.63) is 95.1 Å².